The van der Waals surface area contributed by atoms with Crippen LogP contribution in [0.25, 0.3) is 0 Å². The molecular weight excluding hydrogens is 364 g/mol. The van der Waals surface area contributed by atoms with Crippen LogP contribution in [0.3, 0.4) is 0 Å². The lowest BCUT2D eigenvalue weighted by Gasteiger charge is -2.50. The Morgan fingerprint density at radius 3 is 2.56 bits per heavy atom. The molecule has 150 valence electrons. The summed E-state index contributed by atoms with van der Waals surface area (Å²) in [7, 11) is -3.14. The minimum Gasteiger partial charge on any atom is -0.338 e. The van der Waals surface area contributed by atoms with Crippen LogP contribution >= 0.6 is 0 Å². The average Bonchev–Trinajstić information content (AvgIpc) is 3.02. The van der Waals surface area contributed by atoms with Crippen molar-refractivity contribution in [2.75, 3.05) is 38.5 Å². The second-order valence-electron chi connectivity index (χ2n) is 8.57. The van der Waals surface area contributed by atoms with Crippen molar-refractivity contribution in [3.8, 4) is 0 Å². The van der Waals surface area contributed by atoms with E-state index in [-0.39, 0.29) is 24.1 Å². The van der Waals surface area contributed by atoms with E-state index in [0.29, 0.717) is 13.1 Å². The number of hydrogen-bond acceptors (Lipinski definition) is 5. The van der Waals surface area contributed by atoms with Gasteiger partial charge in [-0.3, -0.25) is 9.48 Å². The lowest BCUT2D eigenvalue weighted by Crippen LogP contribution is -2.69. The third-order valence-electron chi connectivity index (χ3n) is 6.68. The summed E-state index contributed by atoms with van der Waals surface area (Å²) < 4.78 is 26.6. The number of sulfone groups is 1. The summed E-state index contributed by atoms with van der Waals surface area (Å²) in [6.45, 7) is 7.74. The van der Waals surface area contributed by atoms with E-state index < -0.39 is 14.6 Å². The zero-order valence-electron chi connectivity index (χ0n) is 16.4. The number of aromatic nitrogens is 2. The molecule has 3 saturated heterocycles. The van der Waals surface area contributed by atoms with Crippen molar-refractivity contribution in [1.82, 2.24) is 19.6 Å². The van der Waals surface area contributed by atoms with Gasteiger partial charge in [0.05, 0.1) is 11.4 Å². The van der Waals surface area contributed by atoms with Crippen LogP contribution in [-0.2, 0) is 21.2 Å². The minimum absolute atomic E-state index is 0.0364. The van der Waals surface area contributed by atoms with Gasteiger partial charge >= 0.3 is 0 Å². The molecule has 7 nitrogen and oxygen atoms in total. The van der Waals surface area contributed by atoms with Crippen molar-refractivity contribution in [2.45, 2.75) is 50.8 Å². The number of likely N-dealkylation sites (tertiary alicyclic amines) is 2. The summed E-state index contributed by atoms with van der Waals surface area (Å²) in [6, 6.07) is 1.95. The third kappa shape index (κ3) is 3.31. The number of piperidine rings is 1. The first kappa shape index (κ1) is 18.9. The SMILES string of the molecule is Cc1cc(C)n(CC(=O)N2CC3(C2)C(CN2CCCCC2)CCS3(=O)=O)n1. The summed E-state index contributed by atoms with van der Waals surface area (Å²) in [5.74, 6) is 0.384. The fraction of sp³-hybridized carbons (Fsp3) is 0.789. The summed E-state index contributed by atoms with van der Waals surface area (Å²) in [6.07, 6.45) is 4.43. The molecule has 8 heteroatoms. The topological polar surface area (TPSA) is 75.5 Å². The predicted molar refractivity (Wildman–Crippen MR) is 103 cm³/mol. The molecule has 1 spiro atoms. The Morgan fingerprint density at radius 2 is 1.93 bits per heavy atom. The van der Waals surface area contributed by atoms with Gasteiger partial charge in [0.1, 0.15) is 11.3 Å². The van der Waals surface area contributed by atoms with Crippen LogP contribution in [0.4, 0.5) is 0 Å². The minimum atomic E-state index is -3.14. The first-order chi connectivity index (χ1) is 12.8. The highest BCUT2D eigenvalue weighted by Crippen LogP contribution is 2.45. The van der Waals surface area contributed by atoms with E-state index in [9.17, 15) is 13.2 Å². The molecule has 0 radical (unpaired) electrons. The largest absolute Gasteiger partial charge is 0.338 e. The fourth-order valence-electron chi connectivity index (χ4n) is 5.02. The van der Waals surface area contributed by atoms with Crippen LogP contribution in [0.1, 0.15) is 37.1 Å². The van der Waals surface area contributed by atoms with Crippen LogP contribution in [0.15, 0.2) is 6.07 Å². The van der Waals surface area contributed by atoms with Crippen molar-refractivity contribution >= 4 is 15.7 Å². The van der Waals surface area contributed by atoms with Gasteiger partial charge in [0.15, 0.2) is 9.84 Å². The van der Waals surface area contributed by atoms with Gasteiger partial charge in [0.2, 0.25) is 5.91 Å². The zero-order valence-corrected chi connectivity index (χ0v) is 17.2. The molecule has 3 aliphatic heterocycles. The maximum absolute atomic E-state index is 12.8. The number of hydrogen-bond donors (Lipinski definition) is 0. The lowest BCUT2D eigenvalue weighted by molar-refractivity contribution is -0.138. The Kier molecular flexibility index (Phi) is 4.83. The highest BCUT2D eigenvalue weighted by Gasteiger charge is 2.62. The molecule has 0 aromatic carbocycles. The Morgan fingerprint density at radius 1 is 1.22 bits per heavy atom. The zero-order chi connectivity index (χ0) is 19.2. The van der Waals surface area contributed by atoms with Gasteiger partial charge in [-0.05, 0) is 58.2 Å². The van der Waals surface area contributed by atoms with Crippen LogP contribution in [0.5, 0.6) is 0 Å². The first-order valence-corrected chi connectivity index (χ1v) is 11.7. The third-order valence-corrected chi connectivity index (χ3v) is 9.29. The van der Waals surface area contributed by atoms with Crippen molar-refractivity contribution in [3.05, 3.63) is 17.5 Å². The van der Waals surface area contributed by atoms with Crippen LogP contribution in [-0.4, -0.2) is 77.1 Å². The highest BCUT2D eigenvalue weighted by molar-refractivity contribution is 7.93. The number of rotatable bonds is 4. The maximum Gasteiger partial charge on any atom is 0.244 e. The normalized spacial score (nSPS) is 27.0. The first-order valence-electron chi connectivity index (χ1n) is 10.0. The van der Waals surface area contributed by atoms with Crippen molar-refractivity contribution in [3.63, 3.8) is 0 Å². The molecule has 3 fully saturated rings. The number of nitrogens with zero attached hydrogens (tertiary/aromatic N) is 4. The van der Waals surface area contributed by atoms with E-state index in [2.05, 4.69) is 10.00 Å². The number of carbonyl (C=O) groups excluding carboxylic acids is 1. The maximum atomic E-state index is 12.8. The van der Waals surface area contributed by atoms with E-state index in [0.717, 1.165) is 37.4 Å². The van der Waals surface area contributed by atoms with Gasteiger partial charge in [0.25, 0.3) is 0 Å². The monoisotopic (exact) mass is 394 g/mol. The molecule has 1 aromatic heterocycles. The van der Waals surface area contributed by atoms with E-state index in [4.69, 9.17) is 0 Å². The molecule has 4 rings (SSSR count). The Hall–Kier alpha value is -1.41. The molecule has 1 unspecified atom stereocenters. The van der Waals surface area contributed by atoms with Crippen molar-refractivity contribution in [2.24, 2.45) is 5.92 Å². The van der Waals surface area contributed by atoms with E-state index >= 15 is 0 Å². The predicted octanol–water partition coefficient (Wildman–Crippen LogP) is 1.00. The Bertz CT molecular complexity index is 820. The summed E-state index contributed by atoms with van der Waals surface area (Å²) in [5, 5.41) is 4.35. The van der Waals surface area contributed by atoms with E-state index in [1.165, 1.54) is 19.3 Å². The summed E-state index contributed by atoms with van der Waals surface area (Å²) in [5.41, 5.74) is 1.84. The molecule has 0 aliphatic carbocycles. The summed E-state index contributed by atoms with van der Waals surface area (Å²) >= 11 is 0. The molecule has 0 bridgehead atoms. The molecule has 0 N–H and O–H groups in total. The van der Waals surface area contributed by atoms with Crippen LogP contribution < -0.4 is 0 Å². The number of amides is 1. The van der Waals surface area contributed by atoms with Gasteiger partial charge in [-0.2, -0.15) is 5.10 Å². The van der Waals surface area contributed by atoms with Gasteiger partial charge < -0.3 is 9.80 Å². The number of carbonyl (C=O) groups is 1. The second kappa shape index (κ2) is 6.88. The molecule has 1 atom stereocenters. The Balaban J connectivity index is 1.43. The highest BCUT2D eigenvalue weighted by atomic mass is 32.2. The van der Waals surface area contributed by atoms with E-state index in [1.807, 2.05) is 19.9 Å². The molecule has 27 heavy (non-hydrogen) atoms. The summed E-state index contributed by atoms with van der Waals surface area (Å²) in [4.78, 5) is 16.8. The van der Waals surface area contributed by atoms with Gasteiger partial charge in [-0.1, -0.05) is 6.42 Å². The average molecular weight is 395 g/mol. The van der Waals surface area contributed by atoms with E-state index in [1.54, 1.807) is 9.58 Å². The quantitative estimate of drug-likeness (QED) is 0.762. The van der Waals surface area contributed by atoms with Crippen LogP contribution in [0.2, 0.25) is 0 Å². The van der Waals surface area contributed by atoms with Crippen molar-refractivity contribution < 1.29 is 13.2 Å². The molecule has 4 heterocycles. The second-order valence-corrected chi connectivity index (χ2v) is 11.0. The molecule has 3 aliphatic rings. The van der Waals surface area contributed by atoms with Gasteiger partial charge in [-0.15, -0.1) is 0 Å². The number of aryl methyl sites for hydroxylation is 2. The fourth-order valence-corrected chi connectivity index (χ4v) is 7.43. The molecule has 0 saturated carbocycles. The van der Waals surface area contributed by atoms with Crippen molar-refractivity contribution in [1.29, 1.82) is 0 Å². The van der Waals surface area contributed by atoms with Gasteiger partial charge in [-0.25, -0.2) is 8.42 Å². The smallest absolute Gasteiger partial charge is 0.244 e. The lowest BCUT2D eigenvalue weighted by atomic mass is 9.82. The molecule has 1 amide bonds. The molecule has 1 aromatic rings. The van der Waals surface area contributed by atoms with Crippen LogP contribution in [0, 0.1) is 19.8 Å². The molecular formula is C19H30N4O3S. The van der Waals surface area contributed by atoms with Gasteiger partial charge in [0, 0.05) is 25.3 Å². The standard InChI is InChI=1S/C19H30N4O3S/c1-15-10-16(2)23(20-15)12-18(24)22-13-19(14-22)17(6-9-27(19,25)26)11-21-7-4-3-5-8-21/h10,17H,3-9,11-14H2,1-2H3. The Labute approximate surface area is 161 Å².